The van der Waals surface area contributed by atoms with Gasteiger partial charge in [-0.2, -0.15) is 0 Å². The van der Waals surface area contributed by atoms with Crippen molar-refractivity contribution in [3.8, 4) is 11.3 Å². The zero-order valence-electron chi connectivity index (χ0n) is 20.8. The minimum Gasteiger partial charge on any atom is -0.381 e. The number of carbonyl (C=O) groups is 2. The van der Waals surface area contributed by atoms with Crippen molar-refractivity contribution < 1.29 is 14.3 Å². The topological polar surface area (TPSA) is 96.5 Å². The van der Waals surface area contributed by atoms with Gasteiger partial charge in [0.15, 0.2) is 0 Å². The largest absolute Gasteiger partial charge is 0.381 e. The van der Waals surface area contributed by atoms with Crippen LogP contribution in [-0.4, -0.2) is 65.6 Å². The number of nitrogens with one attached hydrogen (secondary N) is 2. The molecule has 190 valence electrons. The zero-order chi connectivity index (χ0) is 25.1. The van der Waals surface area contributed by atoms with Crippen LogP contribution in [0, 0.1) is 5.92 Å². The maximum absolute atomic E-state index is 14.0. The number of fused-ring (bicyclic) bond motifs is 1. The van der Waals surface area contributed by atoms with Crippen LogP contribution in [0.2, 0.25) is 0 Å². The summed E-state index contributed by atoms with van der Waals surface area (Å²) in [4.78, 5) is 38.4. The number of nitrogens with zero attached hydrogens (tertiary/aromatic N) is 3. The molecule has 2 amide bonds. The number of rotatable bonds is 7. The first-order valence-corrected chi connectivity index (χ1v) is 13.5. The Labute approximate surface area is 215 Å². The summed E-state index contributed by atoms with van der Waals surface area (Å²) in [5.74, 6) is -0.108. The van der Waals surface area contributed by atoms with Gasteiger partial charge in [0.2, 0.25) is 11.8 Å². The number of likely N-dealkylation sites (N-methyl/N-ethyl adjacent to an activating group) is 1. The molecule has 2 aliphatic rings. The molecule has 5 rings (SSSR count). The van der Waals surface area contributed by atoms with Crippen molar-refractivity contribution in [3.05, 3.63) is 47.6 Å². The van der Waals surface area contributed by atoms with Crippen LogP contribution in [0.25, 0.3) is 21.5 Å². The average Bonchev–Trinajstić information content (AvgIpc) is 3.59. The molecule has 3 atom stereocenters. The fourth-order valence-electron chi connectivity index (χ4n) is 5.13. The number of thiazole rings is 1. The van der Waals surface area contributed by atoms with E-state index in [1.54, 1.807) is 25.3 Å². The van der Waals surface area contributed by atoms with Crippen LogP contribution >= 0.6 is 11.3 Å². The summed E-state index contributed by atoms with van der Waals surface area (Å²) in [6.07, 6.45) is 5.12. The van der Waals surface area contributed by atoms with E-state index in [1.165, 1.54) is 0 Å². The molecule has 0 bridgehead atoms. The molecule has 0 unspecified atom stereocenters. The summed E-state index contributed by atoms with van der Waals surface area (Å²) in [5, 5.41) is 6.97. The van der Waals surface area contributed by atoms with E-state index in [1.807, 2.05) is 47.5 Å². The van der Waals surface area contributed by atoms with Crippen LogP contribution < -0.4 is 10.6 Å². The molecule has 36 heavy (non-hydrogen) atoms. The van der Waals surface area contributed by atoms with Crippen molar-refractivity contribution in [1.29, 1.82) is 0 Å². The average molecular weight is 508 g/mol. The van der Waals surface area contributed by atoms with Gasteiger partial charge in [0.05, 0.1) is 22.5 Å². The predicted octanol–water partition coefficient (Wildman–Crippen LogP) is 3.54. The Hall–Kier alpha value is -2.88. The maximum Gasteiger partial charge on any atom is 0.246 e. The van der Waals surface area contributed by atoms with Gasteiger partial charge in [0, 0.05) is 31.5 Å². The predicted molar refractivity (Wildman–Crippen MR) is 141 cm³/mol. The van der Waals surface area contributed by atoms with Gasteiger partial charge in [-0.1, -0.05) is 30.3 Å². The molecule has 3 aromatic rings. The normalized spacial score (nSPS) is 20.4. The minimum absolute atomic E-state index is 0.0123. The lowest BCUT2D eigenvalue weighted by molar-refractivity contribution is -0.140. The van der Waals surface area contributed by atoms with Gasteiger partial charge in [0.1, 0.15) is 16.6 Å². The number of likely N-dealkylation sites (tertiary alicyclic amines) is 1. The molecule has 9 heteroatoms. The molecule has 2 aliphatic heterocycles. The fraction of sp³-hybridized carbons (Fsp3) is 0.481. The number of pyridine rings is 1. The molecule has 1 aromatic carbocycles. The third-order valence-corrected chi connectivity index (χ3v) is 8.44. The van der Waals surface area contributed by atoms with E-state index in [4.69, 9.17) is 9.72 Å². The van der Waals surface area contributed by atoms with Crippen molar-refractivity contribution in [2.24, 2.45) is 5.92 Å². The highest BCUT2D eigenvalue weighted by atomic mass is 32.1. The number of hydrogen-bond acceptors (Lipinski definition) is 7. The van der Waals surface area contributed by atoms with E-state index < -0.39 is 6.04 Å². The molecule has 2 saturated heterocycles. The first-order valence-electron chi connectivity index (χ1n) is 12.7. The van der Waals surface area contributed by atoms with Gasteiger partial charge < -0.3 is 20.3 Å². The van der Waals surface area contributed by atoms with Gasteiger partial charge in [-0.15, -0.1) is 11.3 Å². The van der Waals surface area contributed by atoms with Gasteiger partial charge in [-0.25, -0.2) is 4.98 Å². The van der Waals surface area contributed by atoms with Gasteiger partial charge in [-0.05, 0) is 51.6 Å². The molecule has 2 N–H and O–H groups in total. The summed E-state index contributed by atoms with van der Waals surface area (Å²) in [7, 11) is 1.75. The van der Waals surface area contributed by atoms with Crippen LogP contribution in [0.15, 0.2) is 42.6 Å². The first kappa shape index (κ1) is 24.8. The first-order chi connectivity index (χ1) is 17.6. The summed E-state index contributed by atoms with van der Waals surface area (Å²) >= 11 is 1.63. The highest BCUT2D eigenvalue weighted by Crippen LogP contribution is 2.39. The van der Waals surface area contributed by atoms with E-state index >= 15 is 0 Å². The molecule has 2 fully saturated rings. The number of carbonyl (C=O) groups excluding carboxylic acids is 2. The summed E-state index contributed by atoms with van der Waals surface area (Å²) in [5.41, 5.74) is 2.76. The molecule has 0 radical (unpaired) electrons. The molecular weight excluding hydrogens is 474 g/mol. The summed E-state index contributed by atoms with van der Waals surface area (Å²) in [6.45, 7) is 3.70. The Morgan fingerprint density at radius 1 is 1.14 bits per heavy atom. The van der Waals surface area contributed by atoms with Crippen molar-refractivity contribution in [1.82, 2.24) is 25.5 Å². The van der Waals surface area contributed by atoms with Gasteiger partial charge in [-0.3, -0.25) is 14.6 Å². The van der Waals surface area contributed by atoms with Crippen LogP contribution in [0.1, 0.15) is 43.7 Å². The lowest BCUT2D eigenvalue weighted by Gasteiger charge is -2.35. The molecule has 2 aromatic heterocycles. The Morgan fingerprint density at radius 3 is 2.67 bits per heavy atom. The fourth-order valence-corrected chi connectivity index (χ4v) is 6.24. The minimum atomic E-state index is -0.561. The highest BCUT2D eigenvalue weighted by Gasteiger charge is 2.40. The van der Waals surface area contributed by atoms with E-state index in [9.17, 15) is 9.59 Å². The SMILES string of the molecule is CN[C@@H](C)C(=O)N[C@H](C(=O)N1CCC[C@H]1c1nc2c(-c3ccccc3)nccc2s1)C1CCOCC1. The molecule has 0 saturated carbocycles. The van der Waals surface area contributed by atoms with Crippen LogP contribution in [-0.2, 0) is 14.3 Å². The van der Waals surface area contributed by atoms with Crippen molar-refractivity contribution in [2.45, 2.75) is 50.7 Å². The Bertz CT molecular complexity index is 1210. The number of hydrogen-bond donors (Lipinski definition) is 2. The highest BCUT2D eigenvalue weighted by molar-refractivity contribution is 7.18. The quantitative estimate of drug-likeness (QED) is 0.508. The van der Waals surface area contributed by atoms with Crippen LogP contribution in [0.5, 0.6) is 0 Å². The van der Waals surface area contributed by atoms with Crippen LogP contribution in [0.4, 0.5) is 0 Å². The number of aromatic nitrogens is 2. The summed E-state index contributed by atoms with van der Waals surface area (Å²) in [6, 6.07) is 11.0. The van der Waals surface area contributed by atoms with E-state index in [-0.39, 0.29) is 29.8 Å². The van der Waals surface area contributed by atoms with Crippen LogP contribution in [0.3, 0.4) is 0 Å². The monoisotopic (exact) mass is 507 g/mol. The van der Waals surface area contributed by atoms with Gasteiger partial charge >= 0.3 is 0 Å². The van der Waals surface area contributed by atoms with Crippen molar-refractivity contribution in [3.63, 3.8) is 0 Å². The summed E-state index contributed by atoms with van der Waals surface area (Å²) < 4.78 is 6.60. The number of ether oxygens (including phenoxy) is 1. The molecule has 0 aliphatic carbocycles. The Kier molecular flexibility index (Phi) is 7.59. The second kappa shape index (κ2) is 11.0. The van der Waals surface area contributed by atoms with Crippen molar-refractivity contribution >= 4 is 33.4 Å². The number of benzene rings is 1. The second-order valence-electron chi connectivity index (χ2n) is 9.56. The lowest BCUT2D eigenvalue weighted by Crippen LogP contribution is -2.56. The smallest absolute Gasteiger partial charge is 0.246 e. The van der Waals surface area contributed by atoms with E-state index in [0.29, 0.717) is 19.8 Å². The standard InChI is InChI=1S/C27H33N5O3S/c1-17(28-2)25(33)30-23(19-11-15-35-16-12-19)27(34)32-14-6-9-20(32)26-31-24-21(36-26)10-13-29-22(24)18-7-4-3-5-8-18/h3-5,7-8,10,13,17,19-20,23,28H,6,9,11-12,14-16H2,1-2H3,(H,30,33)/t17-,20-,23-/m0/s1. The van der Waals surface area contributed by atoms with E-state index in [0.717, 1.165) is 52.2 Å². The van der Waals surface area contributed by atoms with E-state index in [2.05, 4.69) is 15.6 Å². The lowest BCUT2D eigenvalue weighted by atomic mass is 9.90. The maximum atomic E-state index is 14.0. The molecule has 4 heterocycles. The second-order valence-corrected chi connectivity index (χ2v) is 10.6. The molecular formula is C27H33N5O3S. The molecule has 0 spiro atoms. The Balaban J connectivity index is 1.44. The number of amides is 2. The van der Waals surface area contributed by atoms with Crippen molar-refractivity contribution in [2.75, 3.05) is 26.8 Å². The third-order valence-electron chi connectivity index (χ3n) is 7.32. The molecule has 8 nitrogen and oxygen atoms in total. The zero-order valence-corrected chi connectivity index (χ0v) is 21.6. The third kappa shape index (κ3) is 5.00. The van der Waals surface area contributed by atoms with Gasteiger partial charge in [0.25, 0.3) is 0 Å². The Morgan fingerprint density at radius 2 is 1.92 bits per heavy atom.